The number of rotatable bonds is 2. The van der Waals surface area contributed by atoms with Gasteiger partial charge in [0.2, 0.25) is 0 Å². The Morgan fingerprint density at radius 2 is 1.82 bits per heavy atom. The number of hydrogen-bond donors (Lipinski definition) is 0. The highest BCUT2D eigenvalue weighted by atomic mass is 32.1. The van der Waals surface area contributed by atoms with E-state index < -0.39 is 0 Å². The molecule has 1 saturated heterocycles. The second-order valence-electron chi connectivity index (χ2n) is 5.76. The standard InChI is InChI=1S/C18H21N3S/c1-15-12-16(2)14-17(13-15)4-3-6-20-7-9-21(10-8-20)18-19-5-11-22-18/h5,11-14H,6-10H2,1-2H3. The van der Waals surface area contributed by atoms with E-state index in [-0.39, 0.29) is 0 Å². The average Bonchev–Trinajstić information content (AvgIpc) is 3.01. The van der Waals surface area contributed by atoms with Crippen molar-refractivity contribution in [2.45, 2.75) is 13.8 Å². The molecular weight excluding hydrogens is 290 g/mol. The van der Waals surface area contributed by atoms with E-state index in [1.165, 1.54) is 11.1 Å². The molecule has 1 aliphatic heterocycles. The summed E-state index contributed by atoms with van der Waals surface area (Å²) in [6, 6.07) is 6.49. The van der Waals surface area contributed by atoms with Gasteiger partial charge >= 0.3 is 0 Å². The summed E-state index contributed by atoms with van der Waals surface area (Å²) in [7, 11) is 0. The Hall–Kier alpha value is -1.83. The smallest absolute Gasteiger partial charge is 0.185 e. The Morgan fingerprint density at radius 3 is 2.45 bits per heavy atom. The first-order chi connectivity index (χ1) is 10.7. The summed E-state index contributed by atoms with van der Waals surface area (Å²) in [5, 5.41) is 3.18. The minimum atomic E-state index is 0.846. The molecule has 1 fully saturated rings. The van der Waals surface area contributed by atoms with Gasteiger partial charge in [0, 0.05) is 43.3 Å². The molecule has 3 rings (SSSR count). The molecule has 0 spiro atoms. The monoisotopic (exact) mass is 311 g/mol. The van der Waals surface area contributed by atoms with Crippen LogP contribution in [-0.2, 0) is 0 Å². The number of nitrogens with zero attached hydrogens (tertiary/aromatic N) is 3. The topological polar surface area (TPSA) is 19.4 Å². The van der Waals surface area contributed by atoms with Crippen molar-refractivity contribution in [1.82, 2.24) is 9.88 Å². The second kappa shape index (κ2) is 6.95. The normalized spacial score (nSPS) is 15.5. The summed E-state index contributed by atoms with van der Waals surface area (Å²) in [4.78, 5) is 9.16. The molecule has 2 heterocycles. The summed E-state index contributed by atoms with van der Waals surface area (Å²) >= 11 is 1.72. The molecule has 114 valence electrons. The molecule has 0 aliphatic carbocycles. The van der Waals surface area contributed by atoms with E-state index in [1.807, 2.05) is 11.6 Å². The predicted octanol–water partition coefficient (Wildman–Crippen LogP) is 2.93. The van der Waals surface area contributed by atoms with Crippen molar-refractivity contribution in [3.8, 4) is 11.8 Å². The van der Waals surface area contributed by atoms with Crippen LogP contribution in [0.4, 0.5) is 5.13 Å². The summed E-state index contributed by atoms with van der Waals surface area (Å²) in [5.41, 5.74) is 3.68. The van der Waals surface area contributed by atoms with E-state index in [2.05, 4.69) is 58.7 Å². The van der Waals surface area contributed by atoms with E-state index in [1.54, 1.807) is 11.3 Å². The fourth-order valence-electron chi connectivity index (χ4n) is 2.77. The van der Waals surface area contributed by atoms with Crippen LogP contribution in [0, 0.1) is 25.7 Å². The maximum Gasteiger partial charge on any atom is 0.185 e. The van der Waals surface area contributed by atoms with Crippen LogP contribution in [0.2, 0.25) is 0 Å². The Balaban J connectivity index is 1.52. The van der Waals surface area contributed by atoms with Crippen molar-refractivity contribution in [2.75, 3.05) is 37.6 Å². The molecular formula is C18H21N3S. The van der Waals surface area contributed by atoms with Crippen LogP contribution in [0.5, 0.6) is 0 Å². The van der Waals surface area contributed by atoms with Crippen LogP contribution in [0.1, 0.15) is 16.7 Å². The van der Waals surface area contributed by atoms with Crippen LogP contribution in [-0.4, -0.2) is 42.6 Å². The first-order valence-corrected chi connectivity index (χ1v) is 8.52. The fraction of sp³-hybridized carbons (Fsp3) is 0.389. The Bertz CT molecular complexity index is 654. The van der Waals surface area contributed by atoms with Crippen LogP contribution in [0.15, 0.2) is 29.8 Å². The lowest BCUT2D eigenvalue weighted by molar-refractivity contribution is 0.288. The highest BCUT2D eigenvalue weighted by Crippen LogP contribution is 2.18. The highest BCUT2D eigenvalue weighted by Gasteiger charge is 2.17. The molecule has 0 atom stereocenters. The van der Waals surface area contributed by atoms with E-state index in [0.29, 0.717) is 0 Å². The quantitative estimate of drug-likeness (QED) is 0.795. The fourth-order valence-corrected chi connectivity index (χ4v) is 3.47. The zero-order chi connectivity index (χ0) is 15.4. The number of piperazine rings is 1. The molecule has 2 aromatic rings. The van der Waals surface area contributed by atoms with Gasteiger partial charge in [-0.1, -0.05) is 17.9 Å². The third kappa shape index (κ3) is 3.88. The Kier molecular flexibility index (Phi) is 4.77. The molecule has 0 amide bonds. The average molecular weight is 311 g/mol. The van der Waals surface area contributed by atoms with Gasteiger partial charge in [0.25, 0.3) is 0 Å². The highest BCUT2D eigenvalue weighted by molar-refractivity contribution is 7.13. The minimum Gasteiger partial charge on any atom is -0.346 e. The van der Waals surface area contributed by atoms with E-state index in [4.69, 9.17) is 0 Å². The molecule has 1 aromatic carbocycles. The van der Waals surface area contributed by atoms with Crippen LogP contribution >= 0.6 is 11.3 Å². The van der Waals surface area contributed by atoms with Gasteiger partial charge in [-0.2, -0.15) is 0 Å². The molecule has 0 unspecified atom stereocenters. The van der Waals surface area contributed by atoms with Crippen molar-refractivity contribution in [2.24, 2.45) is 0 Å². The molecule has 4 heteroatoms. The van der Waals surface area contributed by atoms with Gasteiger partial charge in [0.05, 0.1) is 6.54 Å². The lowest BCUT2D eigenvalue weighted by atomic mass is 10.1. The van der Waals surface area contributed by atoms with Gasteiger partial charge in [-0.15, -0.1) is 11.3 Å². The first-order valence-electron chi connectivity index (χ1n) is 7.65. The SMILES string of the molecule is Cc1cc(C)cc(C#CCN2CCN(c3nccs3)CC2)c1. The van der Waals surface area contributed by atoms with Gasteiger partial charge in [0.15, 0.2) is 5.13 Å². The van der Waals surface area contributed by atoms with Gasteiger partial charge in [-0.05, 0) is 37.1 Å². The van der Waals surface area contributed by atoms with E-state index >= 15 is 0 Å². The van der Waals surface area contributed by atoms with Crippen LogP contribution in [0.25, 0.3) is 0 Å². The molecule has 1 aromatic heterocycles. The number of anilines is 1. The van der Waals surface area contributed by atoms with Crippen LogP contribution in [0.3, 0.4) is 0 Å². The van der Waals surface area contributed by atoms with Crippen molar-refractivity contribution in [3.63, 3.8) is 0 Å². The zero-order valence-electron chi connectivity index (χ0n) is 13.2. The summed E-state index contributed by atoms with van der Waals surface area (Å²) in [5.74, 6) is 6.62. The molecule has 22 heavy (non-hydrogen) atoms. The maximum absolute atomic E-state index is 4.38. The van der Waals surface area contributed by atoms with Gasteiger partial charge in [-0.3, -0.25) is 4.90 Å². The molecule has 0 radical (unpaired) electrons. The predicted molar refractivity (Wildman–Crippen MR) is 93.6 cm³/mol. The van der Waals surface area contributed by atoms with Crippen molar-refractivity contribution in [3.05, 3.63) is 46.5 Å². The molecule has 0 N–H and O–H groups in total. The number of thiazole rings is 1. The van der Waals surface area contributed by atoms with E-state index in [9.17, 15) is 0 Å². The largest absolute Gasteiger partial charge is 0.346 e. The summed E-state index contributed by atoms with van der Waals surface area (Å²) in [6.07, 6.45) is 1.88. The number of benzene rings is 1. The van der Waals surface area contributed by atoms with Crippen molar-refractivity contribution in [1.29, 1.82) is 0 Å². The Labute approximate surface area is 136 Å². The van der Waals surface area contributed by atoms with Gasteiger partial charge in [0.1, 0.15) is 0 Å². The van der Waals surface area contributed by atoms with Crippen molar-refractivity contribution < 1.29 is 0 Å². The Morgan fingerprint density at radius 1 is 1.09 bits per heavy atom. The minimum absolute atomic E-state index is 0.846. The number of aromatic nitrogens is 1. The lowest BCUT2D eigenvalue weighted by Crippen LogP contribution is -2.46. The second-order valence-corrected chi connectivity index (χ2v) is 6.63. The van der Waals surface area contributed by atoms with E-state index in [0.717, 1.165) is 43.4 Å². The number of aryl methyl sites for hydroxylation is 2. The number of hydrogen-bond acceptors (Lipinski definition) is 4. The summed E-state index contributed by atoms with van der Waals surface area (Å²) in [6.45, 7) is 9.28. The van der Waals surface area contributed by atoms with Crippen molar-refractivity contribution >= 4 is 16.5 Å². The zero-order valence-corrected chi connectivity index (χ0v) is 14.0. The molecule has 0 saturated carbocycles. The first kappa shape index (κ1) is 15.1. The molecule has 3 nitrogen and oxygen atoms in total. The summed E-state index contributed by atoms with van der Waals surface area (Å²) < 4.78 is 0. The lowest BCUT2D eigenvalue weighted by Gasteiger charge is -2.33. The third-order valence-corrected chi connectivity index (χ3v) is 4.65. The molecule has 1 aliphatic rings. The molecule has 0 bridgehead atoms. The van der Waals surface area contributed by atoms with Gasteiger partial charge < -0.3 is 4.90 Å². The third-order valence-electron chi connectivity index (χ3n) is 3.82. The van der Waals surface area contributed by atoms with Crippen LogP contribution < -0.4 is 4.90 Å². The maximum atomic E-state index is 4.38. The van der Waals surface area contributed by atoms with Gasteiger partial charge in [-0.25, -0.2) is 4.98 Å².